The number of hydrogen-bond acceptors (Lipinski definition) is 6. The lowest BCUT2D eigenvalue weighted by Crippen LogP contribution is -2.60. The van der Waals surface area contributed by atoms with Crippen molar-refractivity contribution in [2.24, 2.45) is 23.5 Å². The summed E-state index contributed by atoms with van der Waals surface area (Å²) in [6, 6.07) is -4.54. The number of rotatable bonds is 13. The number of aliphatic carboxylic acids is 2. The number of carbonyl (C=O) groups excluding carboxylic acids is 3. The van der Waals surface area contributed by atoms with E-state index in [2.05, 4.69) is 16.0 Å². The maximum atomic E-state index is 12.9. The first-order valence-electron chi connectivity index (χ1n) is 10.3. The molecule has 0 saturated heterocycles. The van der Waals surface area contributed by atoms with Crippen molar-refractivity contribution >= 4 is 29.7 Å². The van der Waals surface area contributed by atoms with Crippen molar-refractivity contribution in [2.75, 3.05) is 0 Å². The normalized spacial score (nSPS) is 16.0. The molecule has 0 aliphatic heterocycles. The molecule has 0 heterocycles. The average molecular weight is 445 g/mol. The molecule has 178 valence electrons. The molecule has 0 bridgehead atoms. The molecule has 0 aromatic rings. The van der Waals surface area contributed by atoms with E-state index >= 15 is 0 Å². The summed E-state index contributed by atoms with van der Waals surface area (Å²) in [7, 11) is 0. The summed E-state index contributed by atoms with van der Waals surface area (Å²) < 4.78 is 0. The summed E-state index contributed by atoms with van der Waals surface area (Å²) in [6.45, 7) is 10.2. The molecule has 5 atom stereocenters. The van der Waals surface area contributed by atoms with Gasteiger partial charge in [-0.15, -0.1) is 0 Å². The summed E-state index contributed by atoms with van der Waals surface area (Å²) in [5.41, 5.74) is 5.55. The zero-order valence-electron chi connectivity index (χ0n) is 19.0. The lowest BCUT2D eigenvalue weighted by atomic mass is 9.95. The van der Waals surface area contributed by atoms with Gasteiger partial charge in [-0.3, -0.25) is 19.2 Å². The largest absolute Gasteiger partial charge is 0.481 e. The van der Waals surface area contributed by atoms with Crippen LogP contribution in [0.25, 0.3) is 0 Å². The minimum absolute atomic E-state index is 0.316. The molecular weight excluding hydrogens is 408 g/mol. The van der Waals surface area contributed by atoms with Crippen LogP contribution in [0.2, 0.25) is 0 Å². The molecule has 3 amide bonds. The Balaban J connectivity index is 5.49. The minimum Gasteiger partial charge on any atom is -0.481 e. The second-order valence-corrected chi connectivity index (χ2v) is 8.37. The topological polar surface area (TPSA) is 188 Å². The predicted octanol–water partition coefficient (Wildman–Crippen LogP) is -0.314. The molecule has 0 aliphatic carbocycles. The molecule has 31 heavy (non-hydrogen) atoms. The Morgan fingerprint density at radius 3 is 1.55 bits per heavy atom. The van der Waals surface area contributed by atoms with Gasteiger partial charge in [0.15, 0.2) is 0 Å². The maximum absolute atomic E-state index is 12.9. The molecule has 11 heteroatoms. The molecule has 11 nitrogen and oxygen atoms in total. The van der Waals surface area contributed by atoms with Gasteiger partial charge >= 0.3 is 11.9 Å². The van der Waals surface area contributed by atoms with Crippen molar-refractivity contribution in [3.63, 3.8) is 0 Å². The number of carbonyl (C=O) groups is 5. The van der Waals surface area contributed by atoms with Crippen molar-refractivity contribution < 1.29 is 34.2 Å². The van der Waals surface area contributed by atoms with Gasteiger partial charge in [-0.2, -0.15) is 0 Å². The van der Waals surface area contributed by atoms with Crippen LogP contribution in [0.5, 0.6) is 0 Å². The average Bonchev–Trinajstić information content (AvgIpc) is 2.65. The zero-order chi connectivity index (χ0) is 24.5. The third-order valence-corrected chi connectivity index (χ3v) is 5.00. The molecule has 5 unspecified atom stereocenters. The first kappa shape index (κ1) is 28.3. The van der Waals surface area contributed by atoms with Crippen LogP contribution in [-0.4, -0.2) is 64.0 Å². The van der Waals surface area contributed by atoms with Crippen molar-refractivity contribution in [1.29, 1.82) is 0 Å². The fourth-order valence-corrected chi connectivity index (χ4v) is 2.78. The Hall–Kier alpha value is -2.69. The molecule has 0 spiro atoms. The van der Waals surface area contributed by atoms with Crippen molar-refractivity contribution in [2.45, 2.75) is 78.6 Å². The Kier molecular flexibility index (Phi) is 11.8. The molecule has 0 aromatic carbocycles. The maximum Gasteiger partial charge on any atom is 0.326 e. The molecule has 0 radical (unpaired) electrons. The van der Waals surface area contributed by atoms with Crippen LogP contribution in [0.4, 0.5) is 0 Å². The van der Waals surface area contributed by atoms with Crippen LogP contribution in [0.3, 0.4) is 0 Å². The minimum atomic E-state index is -1.33. The van der Waals surface area contributed by atoms with E-state index in [1.807, 2.05) is 6.92 Å². The van der Waals surface area contributed by atoms with Crippen LogP contribution < -0.4 is 21.7 Å². The predicted molar refractivity (Wildman–Crippen MR) is 113 cm³/mol. The Bertz CT molecular complexity index is 666. The Morgan fingerprint density at radius 1 is 0.742 bits per heavy atom. The first-order chi connectivity index (χ1) is 14.2. The number of nitrogens with one attached hydrogen (secondary N) is 3. The molecular formula is C20H36N4O7. The standard InChI is InChI=1S/C20H36N4O7/c1-7-11(6)16(19(29)23-15(10(4)5)20(30)31)24-18(28)14(9(2)3)22-17(27)12(21)8-13(25)26/h9-12,14-16H,7-8,21H2,1-6H3,(H,22,27)(H,23,29)(H,24,28)(H,25,26)(H,30,31). The number of amides is 3. The fourth-order valence-electron chi connectivity index (χ4n) is 2.78. The van der Waals surface area contributed by atoms with E-state index in [0.29, 0.717) is 6.42 Å². The van der Waals surface area contributed by atoms with Gasteiger partial charge in [-0.25, -0.2) is 4.79 Å². The monoisotopic (exact) mass is 444 g/mol. The number of carboxylic acids is 2. The summed E-state index contributed by atoms with van der Waals surface area (Å²) in [6.07, 6.45) is -0.0675. The second kappa shape index (κ2) is 12.9. The SMILES string of the molecule is CCC(C)C(NC(=O)C(NC(=O)C(N)CC(=O)O)C(C)C)C(=O)NC(C(=O)O)C(C)C. The van der Waals surface area contributed by atoms with Crippen LogP contribution >= 0.6 is 0 Å². The Morgan fingerprint density at radius 2 is 1.16 bits per heavy atom. The highest BCUT2D eigenvalue weighted by molar-refractivity contribution is 5.95. The van der Waals surface area contributed by atoms with Gasteiger partial charge in [0.2, 0.25) is 17.7 Å². The van der Waals surface area contributed by atoms with Gasteiger partial charge in [0.05, 0.1) is 12.5 Å². The summed E-state index contributed by atoms with van der Waals surface area (Å²) in [4.78, 5) is 60.0. The van der Waals surface area contributed by atoms with E-state index in [4.69, 9.17) is 10.8 Å². The third kappa shape index (κ3) is 9.33. The van der Waals surface area contributed by atoms with Crippen LogP contribution in [-0.2, 0) is 24.0 Å². The summed E-state index contributed by atoms with van der Waals surface area (Å²) >= 11 is 0. The lowest BCUT2D eigenvalue weighted by Gasteiger charge is -2.29. The van der Waals surface area contributed by atoms with Crippen LogP contribution in [0, 0.1) is 17.8 Å². The zero-order valence-corrected chi connectivity index (χ0v) is 19.0. The summed E-state index contributed by atoms with van der Waals surface area (Å²) in [5, 5.41) is 25.6. The van der Waals surface area contributed by atoms with Gasteiger partial charge in [-0.05, 0) is 17.8 Å². The number of nitrogens with two attached hydrogens (primary N) is 1. The molecule has 0 aliphatic rings. The fraction of sp³-hybridized carbons (Fsp3) is 0.750. The molecule has 0 aromatic heterocycles. The van der Waals surface area contributed by atoms with E-state index in [9.17, 15) is 29.1 Å². The van der Waals surface area contributed by atoms with Crippen molar-refractivity contribution in [3.8, 4) is 0 Å². The molecule has 0 fully saturated rings. The van der Waals surface area contributed by atoms with Gasteiger partial charge in [0.1, 0.15) is 18.1 Å². The van der Waals surface area contributed by atoms with Crippen LogP contribution in [0.15, 0.2) is 0 Å². The summed E-state index contributed by atoms with van der Waals surface area (Å²) in [5.74, 6) is -5.59. The van der Waals surface area contributed by atoms with Gasteiger partial charge < -0.3 is 31.9 Å². The van der Waals surface area contributed by atoms with E-state index in [1.165, 1.54) is 0 Å². The third-order valence-electron chi connectivity index (χ3n) is 5.00. The van der Waals surface area contributed by atoms with Crippen molar-refractivity contribution in [1.82, 2.24) is 16.0 Å². The number of hydrogen-bond donors (Lipinski definition) is 6. The van der Waals surface area contributed by atoms with Crippen molar-refractivity contribution in [3.05, 3.63) is 0 Å². The highest BCUT2D eigenvalue weighted by Gasteiger charge is 2.34. The molecule has 0 saturated carbocycles. The van der Waals surface area contributed by atoms with E-state index in [0.717, 1.165) is 0 Å². The Labute approximate surface area is 182 Å². The number of carboxylic acid groups (broad SMARTS) is 2. The smallest absolute Gasteiger partial charge is 0.326 e. The first-order valence-corrected chi connectivity index (χ1v) is 10.3. The van der Waals surface area contributed by atoms with E-state index < -0.39 is 60.2 Å². The molecule has 0 rings (SSSR count). The lowest BCUT2D eigenvalue weighted by molar-refractivity contribution is -0.144. The highest BCUT2D eigenvalue weighted by atomic mass is 16.4. The van der Waals surface area contributed by atoms with E-state index in [1.54, 1.807) is 34.6 Å². The van der Waals surface area contributed by atoms with Gasteiger partial charge in [-0.1, -0.05) is 48.0 Å². The van der Waals surface area contributed by atoms with Gasteiger partial charge in [0.25, 0.3) is 0 Å². The quantitative estimate of drug-likeness (QED) is 0.223. The van der Waals surface area contributed by atoms with Crippen LogP contribution in [0.1, 0.15) is 54.4 Å². The second-order valence-electron chi connectivity index (χ2n) is 8.37. The van der Waals surface area contributed by atoms with E-state index in [-0.39, 0.29) is 17.8 Å². The highest BCUT2D eigenvalue weighted by Crippen LogP contribution is 2.12. The molecule has 7 N–H and O–H groups in total. The van der Waals surface area contributed by atoms with Gasteiger partial charge in [0, 0.05) is 0 Å².